The molecule has 7 heteroatoms. The quantitative estimate of drug-likeness (QED) is 0.644. The third kappa shape index (κ3) is 4.55. The van der Waals surface area contributed by atoms with Gasteiger partial charge in [0.15, 0.2) is 5.82 Å². The van der Waals surface area contributed by atoms with Crippen molar-refractivity contribution < 1.29 is 14.3 Å². The molecule has 1 fully saturated rings. The van der Waals surface area contributed by atoms with Crippen molar-refractivity contribution in [2.75, 3.05) is 37.0 Å². The van der Waals surface area contributed by atoms with Crippen molar-refractivity contribution in [2.45, 2.75) is 26.7 Å². The fourth-order valence-electron chi connectivity index (χ4n) is 3.95. The topological polar surface area (TPSA) is 76.6 Å². The van der Waals surface area contributed by atoms with E-state index in [1.54, 1.807) is 7.11 Å². The summed E-state index contributed by atoms with van der Waals surface area (Å²) >= 11 is 0. The minimum Gasteiger partial charge on any atom is -0.495 e. The molecule has 1 N–H and O–H groups in total. The molecule has 1 saturated heterocycles. The van der Waals surface area contributed by atoms with Crippen LogP contribution in [0.15, 0.2) is 42.5 Å². The molecule has 162 valence electrons. The summed E-state index contributed by atoms with van der Waals surface area (Å²) < 4.78 is 11.2. The molecule has 1 atom stereocenters. The van der Waals surface area contributed by atoms with Gasteiger partial charge in [0.25, 0.3) is 5.88 Å². The van der Waals surface area contributed by atoms with Crippen molar-refractivity contribution in [2.24, 2.45) is 5.92 Å². The van der Waals surface area contributed by atoms with Gasteiger partial charge in [-0.2, -0.15) is 0 Å². The zero-order valence-electron chi connectivity index (χ0n) is 18.2. The Morgan fingerprint density at radius 2 is 1.97 bits per heavy atom. The van der Waals surface area contributed by atoms with Crippen molar-refractivity contribution in [1.82, 2.24) is 9.97 Å². The lowest BCUT2D eigenvalue weighted by molar-refractivity contribution is -0.120. The van der Waals surface area contributed by atoms with Gasteiger partial charge in [-0.15, -0.1) is 0 Å². The van der Waals surface area contributed by atoms with Crippen molar-refractivity contribution >= 4 is 28.4 Å². The van der Waals surface area contributed by atoms with Crippen LogP contribution in [0.25, 0.3) is 11.0 Å². The molecule has 31 heavy (non-hydrogen) atoms. The van der Waals surface area contributed by atoms with Gasteiger partial charge in [0, 0.05) is 13.1 Å². The highest BCUT2D eigenvalue weighted by molar-refractivity contribution is 5.94. The molecule has 2 heterocycles. The Hall–Kier alpha value is -3.35. The number of aryl methyl sites for hydroxylation is 1. The van der Waals surface area contributed by atoms with Crippen LogP contribution in [0, 0.1) is 12.8 Å². The van der Waals surface area contributed by atoms with Crippen LogP contribution in [0.4, 0.5) is 11.5 Å². The van der Waals surface area contributed by atoms with E-state index < -0.39 is 0 Å². The Kier molecular flexibility index (Phi) is 6.21. The fourth-order valence-corrected chi connectivity index (χ4v) is 3.95. The van der Waals surface area contributed by atoms with Gasteiger partial charge in [-0.1, -0.05) is 18.2 Å². The molecule has 1 unspecified atom stereocenters. The van der Waals surface area contributed by atoms with E-state index in [0.717, 1.165) is 36.0 Å². The van der Waals surface area contributed by atoms with Crippen LogP contribution in [0.1, 0.15) is 25.3 Å². The number of carbonyl (C=O) groups is 1. The lowest BCUT2D eigenvalue weighted by Crippen LogP contribution is -2.41. The number of hydrogen-bond acceptors (Lipinski definition) is 6. The van der Waals surface area contributed by atoms with Gasteiger partial charge in [-0.25, -0.2) is 9.97 Å². The minimum atomic E-state index is -0.165. The van der Waals surface area contributed by atoms with E-state index in [2.05, 4.69) is 15.2 Å². The number of nitrogens with one attached hydrogen (secondary N) is 1. The first-order valence-electron chi connectivity index (χ1n) is 10.7. The van der Waals surface area contributed by atoms with Crippen molar-refractivity contribution in [3.05, 3.63) is 48.0 Å². The molecule has 1 aromatic heterocycles. The molecule has 2 aromatic carbocycles. The monoisotopic (exact) mass is 420 g/mol. The first-order valence-corrected chi connectivity index (χ1v) is 10.7. The van der Waals surface area contributed by atoms with E-state index in [9.17, 15) is 4.79 Å². The van der Waals surface area contributed by atoms with Crippen LogP contribution in [-0.2, 0) is 4.79 Å². The molecule has 0 aliphatic carbocycles. The highest BCUT2D eigenvalue weighted by Gasteiger charge is 2.29. The largest absolute Gasteiger partial charge is 0.495 e. The van der Waals surface area contributed by atoms with Crippen LogP contribution in [-0.4, -0.2) is 42.7 Å². The number of rotatable bonds is 6. The van der Waals surface area contributed by atoms with Crippen molar-refractivity contribution in [3.8, 4) is 11.6 Å². The second-order valence-electron chi connectivity index (χ2n) is 7.75. The standard InChI is InChI=1S/C24H28N4O3/c1-4-31-24-22(25-18-9-5-6-10-19(18)27-24)28-13-7-8-17(15-28)23(29)26-20-14-16(2)11-12-21(20)30-3/h5-6,9-12,14,17H,4,7-8,13,15H2,1-3H3,(H,26,29). The summed E-state index contributed by atoms with van der Waals surface area (Å²) in [6, 6.07) is 13.5. The molecule has 0 spiro atoms. The number of amides is 1. The normalized spacial score (nSPS) is 16.2. The van der Waals surface area contributed by atoms with E-state index in [4.69, 9.17) is 14.5 Å². The summed E-state index contributed by atoms with van der Waals surface area (Å²) in [5.41, 5.74) is 3.38. The predicted octanol–water partition coefficient (Wildman–Crippen LogP) is 4.20. The zero-order valence-corrected chi connectivity index (χ0v) is 18.2. The smallest absolute Gasteiger partial charge is 0.258 e. The van der Waals surface area contributed by atoms with E-state index >= 15 is 0 Å². The lowest BCUT2D eigenvalue weighted by Gasteiger charge is -2.33. The summed E-state index contributed by atoms with van der Waals surface area (Å²) in [6.45, 7) is 5.80. The number of ether oxygens (including phenoxy) is 2. The number of piperidine rings is 1. The van der Waals surface area contributed by atoms with Crippen molar-refractivity contribution in [3.63, 3.8) is 0 Å². The number of aromatic nitrogens is 2. The molecule has 1 aliphatic rings. The maximum absolute atomic E-state index is 13.1. The third-order valence-corrected chi connectivity index (χ3v) is 5.51. The average Bonchev–Trinajstić information content (AvgIpc) is 2.79. The number of hydrogen-bond donors (Lipinski definition) is 1. The minimum absolute atomic E-state index is 0.0136. The second kappa shape index (κ2) is 9.20. The first kappa shape index (κ1) is 20.9. The van der Waals surface area contributed by atoms with Gasteiger partial charge in [-0.05, 0) is 56.5 Å². The molecule has 4 rings (SSSR count). The zero-order chi connectivity index (χ0) is 21.8. The SMILES string of the molecule is CCOc1nc2ccccc2nc1N1CCCC(C(=O)Nc2cc(C)ccc2OC)C1. The Morgan fingerprint density at radius 3 is 2.71 bits per heavy atom. The van der Waals surface area contributed by atoms with Crippen LogP contribution in [0.2, 0.25) is 0 Å². The van der Waals surface area contributed by atoms with Crippen LogP contribution < -0.4 is 19.7 Å². The van der Waals surface area contributed by atoms with E-state index in [1.165, 1.54) is 0 Å². The molecular formula is C24H28N4O3. The van der Waals surface area contributed by atoms with Crippen LogP contribution in [0.5, 0.6) is 11.6 Å². The molecule has 7 nitrogen and oxygen atoms in total. The Bertz CT molecular complexity index is 1090. The van der Waals surface area contributed by atoms with Crippen LogP contribution in [0.3, 0.4) is 0 Å². The van der Waals surface area contributed by atoms with Crippen molar-refractivity contribution in [1.29, 1.82) is 0 Å². The number of carbonyl (C=O) groups excluding carboxylic acids is 1. The highest BCUT2D eigenvalue weighted by atomic mass is 16.5. The lowest BCUT2D eigenvalue weighted by atomic mass is 9.97. The number of benzene rings is 2. The Labute approximate surface area is 182 Å². The highest BCUT2D eigenvalue weighted by Crippen LogP contribution is 2.32. The molecule has 3 aromatic rings. The molecule has 1 aliphatic heterocycles. The summed E-state index contributed by atoms with van der Waals surface area (Å²) in [7, 11) is 1.61. The number of fused-ring (bicyclic) bond motifs is 1. The molecular weight excluding hydrogens is 392 g/mol. The van der Waals surface area contributed by atoms with Gasteiger partial charge in [-0.3, -0.25) is 4.79 Å². The molecule has 0 bridgehead atoms. The van der Waals surface area contributed by atoms with Gasteiger partial charge >= 0.3 is 0 Å². The summed E-state index contributed by atoms with van der Waals surface area (Å²) in [5.74, 6) is 1.70. The summed E-state index contributed by atoms with van der Waals surface area (Å²) in [6.07, 6.45) is 1.71. The van der Waals surface area contributed by atoms with Gasteiger partial charge < -0.3 is 19.7 Å². The number of nitrogens with zero attached hydrogens (tertiary/aromatic N) is 3. The maximum Gasteiger partial charge on any atom is 0.258 e. The number of methoxy groups -OCH3 is 1. The average molecular weight is 421 g/mol. The Balaban J connectivity index is 1.57. The molecule has 0 saturated carbocycles. The van der Waals surface area contributed by atoms with E-state index in [1.807, 2.05) is 56.3 Å². The first-order chi connectivity index (χ1) is 15.1. The van der Waals surface area contributed by atoms with Crippen LogP contribution >= 0.6 is 0 Å². The van der Waals surface area contributed by atoms with E-state index in [0.29, 0.717) is 36.3 Å². The third-order valence-electron chi connectivity index (χ3n) is 5.51. The Morgan fingerprint density at radius 1 is 1.19 bits per heavy atom. The predicted molar refractivity (Wildman–Crippen MR) is 122 cm³/mol. The van der Waals surface area contributed by atoms with E-state index in [-0.39, 0.29) is 11.8 Å². The second-order valence-corrected chi connectivity index (χ2v) is 7.75. The number of anilines is 2. The molecule has 0 radical (unpaired) electrons. The summed E-state index contributed by atoms with van der Waals surface area (Å²) in [4.78, 5) is 24.7. The van der Waals surface area contributed by atoms with Gasteiger partial charge in [0.1, 0.15) is 5.75 Å². The van der Waals surface area contributed by atoms with Gasteiger partial charge in [0.05, 0.1) is 36.4 Å². The fraction of sp³-hybridized carbons (Fsp3) is 0.375. The maximum atomic E-state index is 13.1. The number of para-hydroxylation sites is 2. The van der Waals surface area contributed by atoms with Gasteiger partial charge in [0.2, 0.25) is 5.91 Å². The summed E-state index contributed by atoms with van der Waals surface area (Å²) in [5, 5.41) is 3.06. The molecule has 1 amide bonds.